The van der Waals surface area contributed by atoms with Crippen LogP contribution in [-0.2, 0) is 6.18 Å². The molecule has 6 heteroatoms. The van der Waals surface area contributed by atoms with E-state index in [1.54, 1.807) is 0 Å². The maximum absolute atomic E-state index is 13.9. The molecule has 1 aromatic carbocycles. The number of halogens is 4. The van der Waals surface area contributed by atoms with Gasteiger partial charge in [-0.2, -0.15) is 13.2 Å². The zero-order valence-electron chi connectivity index (χ0n) is 10.2. The Hall–Kier alpha value is -1.30. The van der Waals surface area contributed by atoms with Crippen LogP contribution in [0, 0.1) is 11.7 Å². The molecular weight excluding hydrogens is 262 g/mol. The van der Waals surface area contributed by atoms with Gasteiger partial charge in [0.25, 0.3) is 0 Å². The summed E-state index contributed by atoms with van der Waals surface area (Å²) in [6.45, 7) is 2.78. The molecule has 2 heterocycles. The molecule has 2 nitrogen and oxygen atoms in total. The predicted octanol–water partition coefficient (Wildman–Crippen LogP) is 3.28. The monoisotopic (exact) mass is 275 g/mol. The summed E-state index contributed by atoms with van der Waals surface area (Å²) in [6, 6.07) is 1.90. The lowest BCUT2D eigenvalue weighted by Crippen LogP contribution is -2.41. The molecule has 0 aromatic heterocycles. The fourth-order valence-corrected chi connectivity index (χ4v) is 2.81. The molecule has 2 aliphatic heterocycles. The van der Waals surface area contributed by atoms with Gasteiger partial charge in [0.2, 0.25) is 0 Å². The van der Waals surface area contributed by atoms with Gasteiger partial charge in [0.15, 0.2) is 11.6 Å². The van der Waals surface area contributed by atoms with Crippen LogP contribution in [-0.4, -0.2) is 12.6 Å². The van der Waals surface area contributed by atoms with E-state index >= 15 is 0 Å². The van der Waals surface area contributed by atoms with Crippen LogP contribution in [0.5, 0.6) is 5.75 Å². The minimum Gasteiger partial charge on any atom is -0.485 e. The van der Waals surface area contributed by atoms with E-state index in [2.05, 4.69) is 5.32 Å². The molecule has 1 saturated heterocycles. The molecule has 0 unspecified atom stereocenters. The van der Waals surface area contributed by atoms with Crippen molar-refractivity contribution in [3.05, 3.63) is 29.1 Å². The molecule has 0 amide bonds. The Bertz CT molecular complexity index is 514. The number of fused-ring (bicyclic) bond motifs is 3. The number of hydrogen-bond acceptors (Lipinski definition) is 2. The quantitative estimate of drug-likeness (QED) is 0.734. The smallest absolute Gasteiger partial charge is 0.419 e. The summed E-state index contributed by atoms with van der Waals surface area (Å²) >= 11 is 0. The van der Waals surface area contributed by atoms with Crippen LogP contribution >= 0.6 is 0 Å². The minimum absolute atomic E-state index is 0.206. The largest absolute Gasteiger partial charge is 0.485 e. The number of hydrogen-bond donors (Lipinski definition) is 1. The summed E-state index contributed by atoms with van der Waals surface area (Å²) in [5.41, 5.74) is -0.777. The summed E-state index contributed by atoms with van der Waals surface area (Å²) in [4.78, 5) is 0. The molecule has 1 fully saturated rings. The van der Waals surface area contributed by atoms with Crippen LogP contribution in [0.2, 0.25) is 0 Å². The van der Waals surface area contributed by atoms with Crippen molar-refractivity contribution < 1.29 is 22.3 Å². The molecule has 19 heavy (non-hydrogen) atoms. The van der Waals surface area contributed by atoms with E-state index in [4.69, 9.17) is 4.74 Å². The second kappa shape index (κ2) is 4.10. The Balaban J connectivity index is 2.01. The molecule has 0 spiro atoms. The zero-order chi connectivity index (χ0) is 13.8. The average Bonchev–Trinajstić information content (AvgIpc) is 2.66. The molecule has 1 aromatic rings. The first-order chi connectivity index (χ1) is 8.88. The highest BCUT2D eigenvalue weighted by atomic mass is 19.4. The van der Waals surface area contributed by atoms with Crippen LogP contribution in [0.3, 0.4) is 0 Å². The number of alkyl halides is 3. The van der Waals surface area contributed by atoms with Gasteiger partial charge in [0.1, 0.15) is 6.10 Å². The third kappa shape index (κ3) is 1.98. The van der Waals surface area contributed by atoms with Gasteiger partial charge in [-0.15, -0.1) is 0 Å². The van der Waals surface area contributed by atoms with E-state index in [0.29, 0.717) is 17.9 Å². The molecule has 3 rings (SSSR count). The van der Waals surface area contributed by atoms with Crippen LogP contribution < -0.4 is 10.1 Å². The van der Waals surface area contributed by atoms with Crippen LogP contribution in [0.25, 0.3) is 0 Å². The van der Waals surface area contributed by atoms with Crippen molar-refractivity contribution in [2.75, 3.05) is 6.54 Å². The SMILES string of the molecule is C[C@H]1CN[C@H]2c3ccc(C(F)(F)F)c(F)c3O[C@H]2C1. The van der Waals surface area contributed by atoms with Crippen molar-refractivity contribution in [3.63, 3.8) is 0 Å². The second-order valence-corrected chi connectivity index (χ2v) is 5.23. The summed E-state index contributed by atoms with van der Waals surface area (Å²) in [7, 11) is 0. The van der Waals surface area contributed by atoms with E-state index in [1.165, 1.54) is 6.07 Å². The number of nitrogens with one attached hydrogen (secondary N) is 1. The molecule has 0 radical (unpaired) electrons. The Morgan fingerprint density at radius 1 is 1.32 bits per heavy atom. The van der Waals surface area contributed by atoms with Gasteiger partial charge in [0, 0.05) is 5.56 Å². The Kier molecular flexibility index (Phi) is 2.74. The van der Waals surface area contributed by atoms with E-state index < -0.39 is 17.6 Å². The lowest BCUT2D eigenvalue weighted by Gasteiger charge is -2.29. The van der Waals surface area contributed by atoms with Crippen LogP contribution in [0.4, 0.5) is 17.6 Å². The van der Waals surface area contributed by atoms with Crippen molar-refractivity contribution in [2.45, 2.75) is 31.7 Å². The predicted molar refractivity (Wildman–Crippen MR) is 60.3 cm³/mol. The third-order valence-electron chi connectivity index (χ3n) is 3.73. The standard InChI is InChI=1S/C13H13F4NO/c1-6-4-9-11(18-5-6)7-2-3-8(13(15,16)17)10(14)12(7)19-9/h2-3,6,9,11,18H,4-5H2,1H3/t6-,9+,11+/m1/s1. The first kappa shape index (κ1) is 12.7. The number of piperidine rings is 1. The normalized spacial score (nSPS) is 29.6. The maximum atomic E-state index is 13.9. The lowest BCUT2D eigenvalue weighted by atomic mass is 9.91. The zero-order valence-corrected chi connectivity index (χ0v) is 10.2. The molecule has 0 saturated carbocycles. The Morgan fingerprint density at radius 3 is 2.74 bits per heavy atom. The fraction of sp³-hybridized carbons (Fsp3) is 0.538. The highest BCUT2D eigenvalue weighted by molar-refractivity contribution is 5.46. The fourth-order valence-electron chi connectivity index (χ4n) is 2.81. The highest BCUT2D eigenvalue weighted by Gasteiger charge is 2.43. The van der Waals surface area contributed by atoms with Crippen LogP contribution in [0.1, 0.15) is 30.5 Å². The summed E-state index contributed by atoms with van der Waals surface area (Å²) < 4.78 is 57.3. The first-order valence-electron chi connectivity index (χ1n) is 6.17. The van der Waals surface area contributed by atoms with Gasteiger partial charge in [-0.3, -0.25) is 0 Å². The number of ether oxygens (including phenoxy) is 1. The lowest BCUT2D eigenvalue weighted by molar-refractivity contribution is -0.140. The third-order valence-corrected chi connectivity index (χ3v) is 3.73. The minimum atomic E-state index is -4.70. The second-order valence-electron chi connectivity index (χ2n) is 5.23. The molecule has 1 N–H and O–H groups in total. The Morgan fingerprint density at radius 2 is 2.05 bits per heavy atom. The summed E-state index contributed by atoms with van der Waals surface area (Å²) in [5.74, 6) is -1.18. The average molecular weight is 275 g/mol. The van der Waals surface area contributed by atoms with E-state index in [1.807, 2.05) is 6.92 Å². The van der Waals surface area contributed by atoms with Gasteiger partial charge < -0.3 is 10.1 Å². The molecular formula is C13H13F4NO. The van der Waals surface area contributed by atoms with Crippen molar-refractivity contribution >= 4 is 0 Å². The molecule has 104 valence electrons. The molecule has 0 aliphatic carbocycles. The molecule has 0 bridgehead atoms. The van der Waals surface area contributed by atoms with Gasteiger partial charge in [0.05, 0.1) is 11.6 Å². The topological polar surface area (TPSA) is 21.3 Å². The van der Waals surface area contributed by atoms with Crippen molar-refractivity contribution in [2.24, 2.45) is 5.92 Å². The molecule has 3 atom stereocenters. The molecule has 2 aliphatic rings. The maximum Gasteiger partial charge on any atom is 0.419 e. The van der Waals surface area contributed by atoms with Crippen molar-refractivity contribution in [3.8, 4) is 5.75 Å². The highest BCUT2D eigenvalue weighted by Crippen LogP contribution is 2.45. The Labute approximate surface area is 107 Å². The van der Waals surface area contributed by atoms with E-state index in [0.717, 1.165) is 12.6 Å². The van der Waals surface area contributed by atoms with E-state index in [9.17, 15) is 17.6 Å². The van der Waals surface area contributed by atoms with Gasteiger partial charge >= 0.3 is 6.18 Å². The summed E-state index contributed by atoms with van der Waals surface area (Å²) in [5, 5.41) is 3.20. The van der Waals surface area contributed by atoms with Crippen LogP contribution in [0.15, 0.2) is 12.1 Å². The number of benzene rings is 1. The number of rotatable bonds is 0. The van der Waals surface area contributed by atoms with Gasteiger partial charge in [-0.25, -0.2) is 4.39 Å². The van der Waals surface area contributed by atoms with Gasteiger partial charge in [-0.1, -0.05) is 13.0 Å². The van der Waals surface area contributed by atoms with Gasteiger partial charge in [-0.05, 0) is 24.9 Å². The first-order valence-corrected chi connectivity index (χ1v) is 6.17. The summed E-state index contributed by atoms with van der Waals surface area (Å²) in [6.07, 6.45) is -4.26. The van der Waals surface area contributed by atoms with E-state index in [-0.39, 0.29) is 17.9 Å². The van der Waals surface area contributed by atoms with Crippen molar-refractivity contribution in [1.29, 1.82) is 0 Å². The van der Waals surface area contributed by atoms with Crippen molar-refractivity contribution in [1.82, 2.24) is 5.32 Å².